The Bertz CT molecular complexity index is 1640. The first-order chi connectivity index (χ1) is 19.5. The number of anilines is 2. The van der Waals surface area contributed by atoms with Crippen molar-refractivity contribution in [3.63, 3.8) is 0 Å². The lowest BCUT2D eigenvalue weighted by Crippen LogP contribution is -2.55. The molecular weight excluding hydrogens is 522 g/mol. The zero-order valence-corrected chi connectivity index (χ0v) is 22.3. The zero-order chi connectivity index (χ0) is 27.4. The third-order valence-electron chi connectivity index (χ3n) is 8.41. The first kappa shape index (κ1) is 24.8. The molecule has 3 heterocycles. The molecule has 1 N–H and O–H groups in total. The summed E-state index contributed by atoms with van der Waals surface area (Å²) in [5.74, 6) is -2.53. The van der Waals surface area contributed by atoms with Crippen molar-refractivity contribution < 1.29 is 14.4 Å². The molecule has 0 aliphatic carbocycles. The average molecular weight is 548 g/mol. The van der Waals surface area contributed by atoms with E-state index in [4.69, 9.17) is 11.6 Å². The molecule has 40 heavy (non-hydrogen) atoms. The quantitative estimate of drug-likeness (QED) is 0.353. The summed E-state index contributed by atoms with van der Waals surface area (Å²) in [5, 5.41) is 4.03. The molecular formula is C33H26ClN3O3. The van der Waals surface area contributed by atoms with Crippen LogP contribution in [-0.4, -0.2) is 23.8 Å². The minimum atomic E-state index is -1.37. The molecule has 0 bridgehead atoms. The molecule has 2 saturated heterocycles. The van der Waals surface area contributed by atoms with E-state index < -0.39 is 23.4 Å². The number of halogens is 1. The molecule has 7 rings (SSSR count). The van der Waals surface area contributed by atoms with E-state index in [0.29, 0.717) is 23.7 Å². The lowest BCUT2D eigenvalue weighted by Gasteiger charge is -2.31. The van der Waals surface area contributed by atoms with Crippen LogP contribution in [0.1, 0.15) is 16.7 Å². The van der Waals surface area contributed by atoms with E-state index in [1.165, 1.54) is 4.90 Å². The van der Waals surface area contributed by atoms with Gasteiger partial charge in [-0.15, -0.1) is 0 Å². The lowest BCUT2D eigenvalue weighted by atomic mass is 9.76. The Morgan fingerprint density at radius 3 is 2.15 bits per heavy atom. The van der Waals surface area contributed by atoms with Gasteiger partial charge in [0.2, 0.25) is 11.8 Å². The first-order valence-corrected chi connectivity index (χ1v) is 13.8. The highest BCUT2D eigenvalue weighted by atomic mass is 35.5. The van der Waals surface area contributed by atoms with E-state index in [9.17, 15) is 14.4 Å². The summed E-state index contributed by atoms with van der Waals surface area (Å²) in [6.45, 7) is 0.362. The van der Waals surface area contributed by atoms with Crippen LogP contribution in [0, 0.1) is 11.8 Å². The van der Waals surface area contributed by atoms with Gasteiger partial charge in [0.25, 0.3) is 5.91 Å². The Balaban J connectivity index is 1.37. The maximum absolute atomic E-state index is 14.6. The fourth-order valence-corrected chi connectivity index (χ4v) is 6.97. The predicted molar refractivity (Wildman–Crippen MR) is 154 cm³/mol. The smallest absolute Gasteiger partial charge is 0.253 e. The van der Waals surface area contributed by atoms with Gasteiger partial charge in [-0.05, 0) is 41.8 Å². The summed E-state index contributed by atoms with van der Waals surface area (Å²) in [7, 11) is 0. The van der Waals surface area contributed by atoms with Crippen molar-refractivity contribution in [3.8, 4) is 0 Å². The highest BCUT2D eigenvalue weighted by Gasteiger charge is 2.71. The minimum Gasteiger partial charge on any atom is -0.306 e. The maximum atomic E-state index is 14.6. The number of carbonyl (C=O) groups is 3. The van der Waals surface area contributed by atoms with Crippen molar-refractivity contribution in [2.24, 2.45) is 11.8 Å². The van der Waals surface area contributed by atoms with Crippen LogP contribution in [0.3, 0.4) is 0 Å². The Labute approximate surface area is 237 Å². The summed E-state index contributed by atoms with van der Waals surface area (Å²) in [5.41, 5.74) is 2.55. The number of rotatable bonds is 5. The standard InChI is InChI=1S/C33H26ClN3O3/c34-23-14-9-15-24(19-23)37-30(38)28-26(18-21-10-3-1-4-11-21)35-33(29(28)31(37)39)25-16-7-8-17-27(25)36(32(33)40)20-22-12-5-2-6-13-22/h1-17,19,26,28-29,35H,18,20H2/t26-,28-,29+,33+/m1/s1. The maximum Gasteiger partial charge on any atom is 0.253 e. The van der Waals surface area contributed by atoms with Gasteiger partial charge in [-0.2, -0.15) is 0 Å². The molecule has 3 aliphatic rings. The Hall–Kier alpha value is -4.26. The van der Waals surface area contributed by atoms with E-state index in [1.807, 2.05) is 84.9 Å². The predicted octanol–water partition coefficient (Wildman–Crippen LogP) is 5.10. The summed E-state index contributed by atoms with van der Waals surface area (Å²) >= 11 is 6.26. The number of hydrogen-bond acceptors (Lipinski definition) is 4. The number of amides is 3. The Morgan fingerprint density at radius 2 is 1.43 bits per heavy atom. The normalized spacial score (nSPS) is 25.1. The third-order valence-corrected chi connectivity index (χ3v) is 8.65. The van der Waals surface area contributed by atoms with Gasteiger partial charge in [-0.25, -0.2) is 4.90 Å². The summed E-state index contributed by atoms with van der Waals surface area (Å²) in [4.78, 5) is 46.1. The highest BCUT2D eigenvalue weighted by Crippen LogP contribution is 2.55. The molecule has 198 valence electrons. The van der Waals surface area contributed by atoms with Crippen LogP contribution >= 0.6 is 11.6 Å². The van der Waals surface area contributed by atoms with E-state index in [0.717, 1.165) is 22.4 Å². The van der Waals surface area contributed by atoms with Crippen molar-refractivity contribution in [2.45, 2.75) is 24.5 Å². The van der Waals surface area contributed by atoms with Crippen molar-refractivity contribution >= 4 is 40.7 Å². The van der Waals surface area contributed by atoms with Gasteiger partial charge >= 0.3 is 0 Å². The van der Waals surface area contributed by atoms with E-state index >= 15 is 0 Å². The van der Waals surface area contributed by atoms with Crippen LogP contribution in [0.15, 0.2) is 109 Å². The molecule has 0 aromatic heterocycles. The first-order valence-electron chi connectivity index (χ1n) is 13.4. The Morgan fingerprint density at radius 1 is 0.750 bits per heavy atom. The number of nitrogens with one attached hydrogen (secondary N) is 1. The van der Waals surface area contributed by atoms with Crippen LogP contribution in [0.4, 0.5) is 11.4 Å². The van der Waals surface area contributed by atoms with Crippen molar-refractivity contribution in [2.75, 3.05) is 9.80 Å². The van der Waals surface area contributed by atoms with Crippen LogP contribution in [-0.2, 0) is 32.9 Å². The average Bonchev–Trinajstić information content (AvgIpc) is 3.53. The van der Waals surface area contributed by atoms with Gasteiger partial charge in [0, 0.05) is 22.3 Å². The third kappa shape index (κ3) is 3.64. The molecule has 7 heteroatoms. The van der Waals surface area contributed by atoms with Gasteiger partial charge in [0.1, 0.15) is 5.54 Å². The zero-order valence-electron chi connectivity index (χ0n) is 21.5. The van der Waals surface area contributed by atoms with Gasteiger partial charge in [-0.1, -0.05) is 96.5 Å². The summed E-state index contributed by atoms with van der Waals surface area (Å²) < 4.78 is 0. The number of benzene rings is 4. The number of nitrogens with zero attached hydrogens (tertiary/aromatic N) is 2. The molecule has 0 saturated carbocycles. The molecule has 0 unspecified atom stereocenters. The molecule has 3 aliphatic heterocycles. The fraction of sp³-hybridized carbons (Fsp3) is 0.182. The second-order valence-corrected chi connectivity index (χ2v) is 11.1. The molecule has 4 aromatic rings. The second kappa shape index (κ2) is 9.44. The van der Waals surface area contributed by atoms with E-state index in [2.05, 4.69) is 5.32 Å². The second-order valence-electron chi connectivity index (χ2n) is 10.6. The summed E-state index contributed by atoms with van der Waals surface area (Å²) in [6, 6.07) is 33.6. The lowest BCUT2D eigenvalue weighted by molar-refractivity contribution is -0.132. The molecule has 3 amide bonds. The van der Waals surface area contributed by atoms with Gasteiger partial charge in [0.15, 0.2) is 0 Å². The fourth-order valence-electron chi connectivity index (χ4n) is 6.78. The Kier molecular flexibility index (Phi) is 5.84. The monoisotopic (exact) mass is 547 g/mol. The molecule has 4 aromatic carbocycles. The molecule has 0 radical (unpaired) electrons. The van der Waals surface area contributed by atoms with Gasteiger partial charge in [0.05, 0.1) is 24.1 Å². The van der Waals surface area contributed by atoms with Gasteiger partial charge < -0.3 is 4.90 Å². The SMILES string of the molecule is O=C1[C@H]2[C@@H](C(=O)N1c1cccc(Cl)c1)[C@]1(N[C@@H]2Cc2ccccc2)C(=O)N(Cc2ccccc2)c2ccccc21. The number of imide groups is 1. The molecule has 2 fully saturated rings. The van der Waals surface area contributed by atoms with Crippen molar-refractivity contribution in [1.82, 2.24) is 5.32 Å². The largest absolute Gasteiger partial charge is 0.306 e. The number of fused-ring (bicyclic) bond motifs is 4. The van der Waals surface area contributed by atoms with Gasteiger partial charge in [-0.3, -0.25) is 19.7 Å². The molecule has 6 nitrogen and oxygen atoms in total. The van der Waals surface area contributed by atoms with Crippen molar-refractivity contribution in [3.05, 3.63) is 131 Å². The van der Waals surface area contributed by atoms with Crippen LogP contribution in [0.5, 0.6) is 0 Å². The summed E-state index contributed by atoms with van der Waals surface area (Å²) in [6.07, 6.45) is 0.500. The van der Waals surface area contributed by atoms with Crippen LogP contribution < -0.4 is 15.1 Å². The van der Waals surface area contributed by atoms with E-state index in [1.54, 1.807) is 29.2 Å². The van der Waals surface area contributed by atoms with Crippen LogP contribution in [0.25, 0.3) is 0 Å². The van der Waals surface area contributed by atoms with Crippen molar-refractivity contribution in [1.29, 1.82) is 0 Å². The molecule has 1 spiro atoms. The van der Waals surface area contributed by atoms with Crippen LogP contribution in [0.2, 0.25) is 5.02 Å². The topological polar surface area (TPSA) is 69.7 Å². The number of para-hydroxylation sites is 1. The number of hydrogen-bond donors (Lipinski definition) is 1. The molecule has 4 atom stereocenters. The highest BCUT2D eigenvalue weighted by molar-refractivity contribution is 6.31. The minimum absolute atomic E-state index is 0.211. The number of carbonyl (C=O) groups excluding carboxylic acids is 3. The van der Waals surface area contributed by atoms with E-state index in [-0.39, 0.29) is 17.7 Å².